The Kier molecular flexibility index (Phi) is 4.84. The molecule has 1 rings (SSSR count). The van der Waals surface area contributed by atoms with Crippen molar-refractivity contribution in [2.45, 2.75) is 19.9 Å². The van der Waals surface area contributed by atoms with E-state index in [1.54, 1.807) is 0 Å². The van der Waals surface area contributed by atoms with Gasteiger partial charge in [0.15, 0.2) is 0 Å². The Labute approximate surface area is 90.1 Å². The standard InChI is InChI=1S/C12H17NO2/c1-2-11(12(14)15)9-13-8-10-6-4-3-5-7-10/h3-7,11,13H,2,8-9H2,1H3,(H,14,15). The molecule has 3 heteroatoms. The van der Waals surface area contributed by atoms with Gasteiger partial charge in [-0.25, -0.2) is 0 Å². The first-order valence-corrected chi connectivity index (χ1v) is 5.21. The Morgan fingerprint density at radius 1 is 1.40 bits per heavy atom. The monoisotopic (exact) mass is 207 g/mol. The topological polar surface area (TPSA) is 49.3 Å². The first-order valence-electron chi connectivity index (χ1n) is 5.21. The summed E-state index contributed by atoms with van der Waals surface area (Å²) in [6.45, 7) is 3.15. The molecule has 1 aromatic rings. The molecule has 3 nitrogen and oxygen atoms in total. The lowest BCUT2D eigenvalue weighted by molar-refractivity contribution is -0.141. The zero-order valence-corrected chi connectivity index (χ0v) is 8.94. The van der Waals surface area contributed by atoms with Gasteiger partial charge < -0.3 is 10.4 Å². The van der Waals surface area contributed by atoms with E-state index >= 15 is 0 Å². The molecule has 82 valence electrons. The summed E-state index contributed by atoms with van der Waals surface area (Å²) in [5, 5.41) is 12.0. The molecule has 0 saturated heterocycles. The minimum Gasteiger partial charge on any atom is -0.481 e. The van der Waals surface area contributed by atoms with Gasteiger partial charge in [0.1, 0.15) is 0 Å². The maximum Gasteiger partial charge on any atom is 0.307 e. The molecule has 0 spiro atoms. The van der Waals surface area contributed by atoms with Crippen LogP contribution in [0.25, 0.3) is 0 Å². The first kappa shape index (κ1) is 11.7. The zero-order chi connectivity index (χ0) is 11.1. The average Bonchev–Trinajstić information content (AvgIpc) is 2.25. The molecule has 0 radical (unpaired) electrons. The third kappa shape index (κ3) is 4.13. The van der Waals surface area contributed by atoms with Crippen molar-refractivity contribution in [2.75, 3.05) is 6.54 Å². The fourth-order valence-electron chi connectivity index (χ4n) is 1.39. The summed E-state index contributed by atoms with van der Waals surface area (Å²) in [6.07, 6.45) is 0.664. The maximum atomic E-state index is 10.7. The third-order valence-electron chi connectivity index (χ3n) is 2.40. The van der Waals surface area contributed by atoms with Crippen molar-refractivity contribution in [2.24, 2.45) is 5.92 Å². The van der Waals surface area contributed by atoms with Crippen LogP contribution < -0.4 is 5.32 Å². The van der Waals surface area contributed by atoms with E-state index in [1.807, 2.05) is 37.3 Å². The molecule has 0 aliphatic heterocycles. The Balaban J connectivity index is 2.30. The van der Waals surface area contributed by atoms with Gasteiger partial charge in [-0.3, -0.25) is 4.79 Å². The SMILES string of the molecule is CCC(CNCc1ccccc1)C(=O)O. The van der Waals surface area contributed by atoms with Crippen molar-refractivity contribution in [3.8, 4) is 0 Å². The van der Waals surface area contributed by atoms with E-state index in [9.17, 15) is 4.79 Å². The summed E-state index contributed by atoms with van der Waals surface area (Å²) in [6, 6.07) is 9.97. The van der Waals surface area contributed by atoms with Gasteiger partial charge in [0.05, 0.1) is 5.92 Å². The summed E-state index contributed by atoms with van der Waals surface area (Å²) in [4.78, 5) is 10.7. The molecule has 0 heterocycles. The molecule has 0 amide bonds. The number of hydrogen-bond acceptors (Lipinski definition) is 2. The van der Waals surface area contributed by atoms with E-state index in [1.165, 1.54) is 5.56 Å². The summed E-state index contributed by atoms with van der Waals surface area (Å²) in [5.41, 5.74) is 1.18. The summed E-state index contributed by atoms with van der Waals surface area (Å²) >= 11 is 0. The number of rotatable bonds is 6. The van der Waals surface area contributed by atoms with Crippen LogP contribution in [0, 0.1) is 5.92 Å². The van der Waals surface area contributed by atoms with Crippen molar-refractivity contribution < 1.29 is 9.90 Å². The van der Waals surface area contributed by atoms with Crippen LogP contribution in [-0.2, 0) is 11.3 Å². The van der Waals surface area contributed by atoms with Crippen LogP contribution in [0.15, 0.2) is 30.3 Å². The van der Waals surface area contributed by atoms with Crippen LogP contribution >= 0.6 is 0 Å². The first-order chi connectivity index (χ1) is 7.24. The molecular weight excluding hydrogens is 190 g/mol. The summed E-state index contributed by atoms with van der Waals surface area (Å²) in [7, 11) is 0. The maximum absolute atomic E-state index is 10.7. The van der Waals surface area contributed by atoms with Crippen LogP contribution in [-0.4, -0.2) is 17.6 Å². The van der Waals surface area contributed by atoms with Crippen molar-refractivity contribution in [3.63, 3.8) is 0 Å². The van der Waals surface area contributed by atoms with Crippen LogP contribution in [0.5, 0.6) is 0 Å². The lowest BCUT2D eigenvalue weighted by atomic mass is 10.1. The highest BCUT2D eigenvalue weighted by Gasteiger charge is 2.13. The molecule has 0 fully saturated rings. The molecule has 2 N–H and O–H groups in total. The molecular formula is C12H17NO2. The van der Waals surface area contributed by atoms with Crippen molar-refractivity contribution >= 4 is 5.97 Å². The van der Waals surface area contributed by atoms with Gasteiger partial charge in [-0.15, -0.1) is 0 Å². The van der Waals surface area contributed by atoms with Crippen LogP contribution in [0.4, 0.5) is 0 Å². The Morgan fingerprint density at radius 3 is 2.60 bits per heavy atom. The second-order valence-corrected chi connectivity index (χ2v) is 3.56. The van der Waals surface area contributed by atoms with Crippen molar-refractivity contribution in [1.82, 2.24) is 5.32 Å². The Hall–Kier alpha value is -1.35. The molecule has 0 saturated carbocycles. The number of hydrogen-bond donors (Lipinski definition) is 2. The highest BCUT2D eigenvalue weighted by Crippen LogP contribution is 2.02. The lowest BCUT2D eigenvalue weighted by Crippen LogP contribution is -2.27. The van der Waals surface area contributed by atoms with Gasteiger partial charge in [0.25, 0.3) is 0 Å². The molecule has 1 atom stereocenters. The number of benzene rings is 1. The van der Waals surface area contributed by atoms with Crippen LogP contribution in [0.1, 0.15) is 18.9 Å². The van der Waals surface area contributed by atoms with Gasteiger partial charge in [-0.1, -0.05) is 37.3 Å². The highest BCUT2D eigenvalue weighted by atomic mass is 16.4. The summed E-state index contributed by atoms with van der Waals surface area (Å²) in [5.74, 6) is -1.01. The van der Waals surface area contributed by atoms with E-state index in [0.29, 0.717) is 13.0 Å². The van der Waals surface area contributed by atoms with Crippen LogP contribution in [0.3, 0.4) is 0 Å². The minimum absolute atomic E-state index is 0.284. The number of aliphatic carboxylic acids is 1. The quantitative estimate of drug-likeness (QED) is 0.749. The smallest absolute Gasteiger partial charge is 0.307 e. The van der Waals surface area contributed by atoms with E-state index in [-0.39, 0.29) is 5.92 Å². The predicted octanol–water partition coefficient (Wildman–Crippen LogP) is 1.89. The molecule has 0 bridgehead atoms. The Bertz CT molecular complexity index is 298. The normalized spacial score (nSPS) is 12.3. The van der Waals surface area contributed by atoms with E-state index < -0.39 is 5.97 Å². The molecule has 1 aromatic carbocycles. The second-order valence-electron chi connectivity index (χ2n) is 3.56. The third-order valence-corrected chi connectivity index (χ3v) is 2.40. The molecule has 15 heavy (non-hydrogen) atoms. The molecule has 0 aromatic heterocycles. The minimum atomic E-state index is -0.724. The Morgan fingerprint density at radius 2 is 2.07 bits per heavy atom. The lowest BCUT2D eigenvalue weighted by Gasteiger charge is -2.10. The molecule has 1 unspecified atom stereocenters. The number of carboxylic acid groups (broad SMARTS) is 1. The van der Waals surface area contributed by atoms with Gasteiger partial charge in [-0.2, -0.15) is 0 Å². The fraction of sp³-hybridized carbons (Fsp3) is 0.417. The van der Waals surface area contributed by atoms with E-state index in [4.69, 9.17) is 5.11 Å². The van der Waals surface area contributed by atoms with Crippen molar-refractivity contribution in [3.05, 3.63) is 35.9 Å². The van der Waals surface area contributed by atoms with Crippen LogP contribution in [0.2, 0.25) is 0 Å². The molecule has 0 aliphatic carbocycles. The summed E-state index contributed by atoms with van der Waals surface area (Å²) < 4.78 is 0. The van der Waals surface area contributed by atoms with E-state index in [2.05, 4.69) is 5.32 Å². The average molecular weight is 207 g/mol. The largest absolute Gasteiger partial charge is 0.481 e. The number of carbonyl (C=O) groups is 1. The fourth-order valence-corrected chi connectivity index (χ4v) is 1.39. The van der Waals surface area contributed by atoms with E-state index in [0.717, 1.165) is 6.54 Å². The van der Waals surface area contributed by atoms with Gasteiger partial charge in [0.2, 0.25) is 0 Å². The number of carboxylic acids is 1. The van der Waals surface area contributed by atoms with Crippen molar-refractivity contribution in [1.29, 1.82) is 0 Å². The second kappa shape index (κ2) is 6.19. The van der Waals surface area contributed by atoms with Gasteiger partial charge in [-0.05, 0) is 12.0 Å². The molecule has 0 aliphatic rings. The number of nitrogens with one attached hydrogen (secondary N) is 1. The van der Waals surface area contributed by atoms with Gasteiger partial charge >= 0.3 is 5.97 Å². The highest BCUT2D eigenvalue weighted by molar-refractivity contribution is 5.70. The predicted molar refractivity (Wildman–Crippen MR) is 59.6 cm³/mol. The van der Waals surface area contributed by atoms with Gasteiger partial charge in [0, 0.05) is 13.1 Å². The zero-order valence-electron chi connectivity index (χ0n) is 8.94.